The zero-order valence-corrected chi connectivity index (χ0v) is 24.6. The first-order valence-corrected chi connectivity index (χ1v) is 15.5. The summed E-state index contributed by atoms with van der Waals surface area (Å²) in [7, 11) is 1.51. The van der Waals surface area contributed by atoms with Crippen molar-refractivity contribution in [2.75, 3.05) is 69.0 Å². The standard InChI is InChI=1S/C28H31F2N9O3S/c1-35(11-13-43(2)41)27(40)18-14-22(20(30)15-19(18)29)37-8-5-36(6-9-37)7-10-38-17-32-25-23-16-21(24-4-3-12-42-24)34-39(23)28(31)33-26(25)38/h3-4,12,14-17H,5-11,13H2,1-2H3,(H2,31,33). The number of carbonyl (C=O) groups excluding carboxylic acids is 1. The number of hydrogen-bond acceptors (Lipinski definition) is 9. The van der Waals surface area contributed by atoms with Gasteiger partial charge in [0.2, 0.25) is 5.95 Å². The number of nitrogen functional groups attached to an aromatic ring is 1. The van der Waals surface area contributed by atoms with Crippen molar-refractivity contribution < 1.29 is 22.5 Å². The predicted molar refractivity (Wildman–Crippen MR) is 159 cm³/mol. The quantitative estimate of drug-likeness (QED) is 0.249. The summed E-state index contributed by atoms with van der Waals surface area (Å²) in [6.45, 7) is 3.80. The van der Waals surface area contributed by atoms with Crippen molar-refractivity contribution in [3.8, 4) is 11.5 Å². The van der Waals surface area contributed by atoms with Crippen LogP contribution in [0.1, 0.15) is 10.4 Å². The fraction of sp³-hybridized carbons (Fsp3) is 0.357. The molecule has 43 heavy (non-hydrogen) atoms. The maximum absolute atomic E-state index is 14.8. The molecule has 1 aliphatic rings. The molecule has 5 aromatic rings. The smallest absolute Gasteiger partial charge is 0.256 e. The van der Waals surface area contributed by atoms with Crippen LogP contribution in [0.25, 0.3) is 28.1 Å². The molecule has 1 saturated heterocycles. The SMILES string of the molecule is CN(CC[S+](C)[O-])C(=O)c1cc(N2CCN(CCn3cnc4c3nc(N)n3nc(-c5ccco5)cc43)CC2)c(F)cc1F. The van der Waals surface area contributed by atoms with Gasteiger partial charge in [0.1, 0.15) is 34.1 Å². The lowest BCUT2D eigenvalue weighted by Crippen LogP contribution is -2.47. The number of furan rings is 1. The van der Waals surface area contributed by atoms with Crippen molar-refractivity contribution >= 4 is 45.4 Å². The Balaban J connectivity index is 1.11. The first-order chi connectivity index (χ1) is 20.7. The molecular weight excluding hydrogens is 580 g/mol. The largest absolute Gasteiger partial charge is 0.617 e. The molecule has 6 rings (SSSR count). The number of carbonyl (C=O) groups is 1. The van der Waals surface area contributed by atoms with Gasteiger partial charge in [0, 0.05) is 52.4 Å². The number of anilines is 2. The Morgan fingerprint density at radius 2 is 1.95 bits per heavy atom. The van der Waals surface area contributed by atoms with Crippen LogP contribution in [0.4, 0.5) is 20.4 Å². The van der Waals surface area contributed by atoms with E-state index in [0.29, 0.717) is 61.9 Å². The lowest BCUT2D eigenvalue weighted by molar-refractivity contribution is 0.0798. The van der Waals surface area contributed by atoms with Crippen LogP contribution >= 0.6 is 0 Å². The van der Waals surface area contributed by atoms with Crippen molar-refractivity contribution in [3.05, 3.63) is 60.1 Å². The first-order valence-electron chi connectivity index (χ1n) is 13.8. The van der Waals surface area contributed by atoms with Gasteiger partial charge in [-0.15, -0.1) is 0 Å². The Morgan fingerprint density at radius 3 is 2.67 bits per heavy atom. The van der Waals surface area contributed by atoms with Crippen LogP contribution in [0.3, 0.4) is 0 Å². The average Bonchev–Trinajstić information content (AvgIpc) is 3.75. The third-order valence-corrected chi connectivity index (χ3v) is 8.43. The van der Waals surface area contributed by atoms with Crippen LogP contribution in [0, 0.1) is 11.6 Å². The van der Waals surface area contributed by atoms with Gasteiger partial charge in [0.25, 0.3) is 5.91 Å². The predicted octanol–water partition coefficient (Wildman–Crippen LogP) is 2.47. The Labute approximate surface area is 248 Å². The molecule has 1 unspecified atom stereocenters. The monoisotopic (exact) mass is 611 g/mol. The molecule has 1 amide bonds. The molecule has 2 N–H and O–H groups in total. The third kappa shape index (κ3) is 5.75. The lowest BCUT2D eigenvalue weighted by atomic mass is 10.1. The Morgan fingerprint density at radius 1 is 1.16 bits per heavy atom. The number of fused-ring (bicyclic) bond motifs is 3. The van der Waals surface area contributed by atoms with Crippen molar-refractivity contribution in [2.24, 2.45) is 0 Å². The zero-order chi connectivity index (χ0) is 30.2. The second kappa shape index (κ2) is 11.8. The van der Waals surface area contributed by atoms with E-state index in [4.69, 9.17) is 10.2 Å². The Hall–Kier alpha value is -4.21. The number of halogens is 2. The van der Waals surface area contributed by atoms with E-state index in [0.717, 1.165) is 11.6 Å². The summed E-state index contributed by atoms with van der Waals surface area (Å²) < 4.78 is 49.8. The average molecular weight is 612 g/mol. The number of nitrogens with two attached hydrogens (primary N) is 1. The number of amides is 1. The minimum absolute atomic E-state index is 0.191. The van der Waals surface area contributed by atoms with Crippen molar-refractivity contribution in [3.63, 3.8) is 0 Å². The fourth-order valence-electron chi connectivity index (χ4n) is 5.24. The van der Waals surface area contributed by atoms with E-state index in [1.165, 1.54) is 24.3 Å². The Kier molecular flexibility index (Phi) is 7.94. The number of nitrogens with zero attached hydrogens (tertiary/aromatic N) is 8. The van der Waals surface area contributed by atoms with Gasteiger partial charge in [-0.3, -0.25) is 9.69 Å². The van der Waals surface area contributed by atoms with E-state index in [1.54, 1.807) is 23.2 Å². The van der Waals surface area contributed by atoms with Gasteiger partial charge in [-0.1, -0.05) is 11.2 Å². The summed E-state index contributed by atoms with van der Waals surface area (Å²) in [4.78, 5) is 27.3. The van der Waals surface area contributed by atoms with E-state index in [9.17, 15) is 18.1 Å². The highest BCUT2D eigenvalue weighted by molar-refractivity contribution is 7.90. The highest BCUT2D eigenvalue weighted by Gasteiger charge is 2.25. The molecule has 0 saturated carbocycles. The van der Waals surface area contributed by atoms with E-state index in [2.05, 4.69) is 20.0 Å². The summed E-state index contributed by atoms with van der Waals surface area (Å²) in [5.41, 5.74) is 8.91. The van der Waals surface area contributed by atoms with Crippen molar-refractivity contribution in [1.82, 2.24) is 33.9 Å². The highest BCUT2D eigenvalue weighted by atomic mass is 32.2. The van der Waals surface area contributed by atoms with Crippen LogP contribution in [-0.2, 0) is 17.7 Å². The maximum atomic E-state index is 14.8. The summed E-state index contributed by atoms with van der Waals surface area (Å²) in [6.07, 6.45) is 4.85. The molecule has 0 aliphatic carbocycles. The van der Waals surface area contributed by atoms with E-state index >= 15 is 0 Å². The minimum atomic E-state index is -1.09. The second-order valence-electron chi connectivity index (χ2n) is 10.5. The minimum Gasteiger partial charge on any atom is -0.617 e. The molecule has 12 nitrogen and oxygen atoms in total. The van der Waals surface area contributed by atoms with Crippen LogP contribution < -0.4 is 10.6 Å². The normalized spacial score (nSPS) is 15.0. The van der Waals surface area contributed by atoms with Crippen molar-refractivity contribution in [1.29, 1.82) is 0 Å². The molecule has 1 aliphatic heterocycles. The number of piperazine rings is 1. The molecule has 0 spiro atoms. The molecule has 5 heterocycles. The fourth-order valence-corrected chi connectivity index (χ4v) is 5.77. The van der Waals surface area contributed by atoms with E-state index < -0.39 is 28.7 Å². The summed E-state index contributed by atoms with van der Waals surface area (Å²) >= 11 is -1.09. The van der Waals surface area contributed by atoms with Crippen LogP contribution in [0.15, 0.2) is 47.3 Å². The summed E-state index contributed by atoms with van der Waals surface area (Å²) in [5, 5.41) is 4.51. The number of imidazole rings is 1. The lowest BCUT2D eigenvalue weighted by Gasteiger charge is -2.36. The maximum Gasteiger partial charge on any atom is 0.256 e. The molecule has 0 radical (unpaired) electrons. The number of benzene rings is 1. The first kappa shape index (κ1) is 28.9. The molecule has 0 bridgehead atoms. The van der Waals surface area contributed by atoms with E-state index in [-0.39, 0.29) is 29.5 Å². The Bertz CT molecular complexity index is 1760. The van der Waals surface area contributed by atoms with Gasteiger partial charge < -0.3 is 29.1 Å². The van der Waals surface area contributed by atoms with Gasteiger partial charge in [0.05, 0.1) is 36.6 Å². The summed E-state index contributed by atoms with van der Waals surface area (Å²) in [6, 6.07) is 7.53. The molecular formula is C28H31F2N9O3S. The number of hydrogen-bond donors (Lipinski definition) is 1. The second-order valence-corrected chi connectivity index (χ2v) is 12.1. The third-order valence-electron chi connectivity index (χ3n) is 7.67. The van der Waals surface area contributed by atoms with Gasteiger partial charge >= 0.3 is 0 Å². The van der Waals surface area contributed by atoms with Gasteiger partial charge in [0.15, 0.2) is 11.4 Å². The van der Waals surface area contributed by atoms with Crippen LogP contribution in [0.2, 0.25) is 0 Å². The molecule has 15 heteroatoms. The number of rotatable bonds is 9. The zero-order valence-electron chi connectivity index (χ0n) is 23.7. The van der Waals surface area contributed by atoms with Crippen LogP contribution in [-0.4, -0.2) is 103 Å². The highest BCUT2D eigenvalue weighted by Crippen LogP contribution is 2.27. The molecule has 1 fully saturated rings. The topological polar surface area (TPSA) is 137 Å². The van der Waals surface area contributed by atoms with Gasteiger partial charge in [-0.2, -0.15) is 14.6 Å². The molecule has 1 aromatic carbocycles. The van der Waals surface area contributed by atoms with Crippen molar-refractivity contribution in [2.45, 2.75) is 6.54 Å². The van der Waals surface area contributed by atoms with E-state index in [1.807, 2.05) is 21.6 Å². The van der Waals surface area contributed by atoms with Crippen LogP contribution in [0.5, 0.6) is 0 Å². The molecule has 4 aromatic heterocycles. The number of aromatic nitrogens is 5. The van der Waals surface area contributed by atoms with Gasteiger partial charge in [-0.25, -0.2) is 13.8 Å². The van der Waals surface area contributed by atoms with Gasteiger partial charge in [-0.05, 0) is 24.3 Å². The molecule has 226 valence electrons. The molecule has 1 atom stereocenters. The summed E-state index contributed by atoms with van der Waals surface area (Å²) in [5.74, 6) is -1.07.